The van der Waals surface area contributed by atoms with Crippen molar-refractivity contribution in [3.8, 4) is 0 Å². The van der Waals surface area contributed by atoms with Gasteiger partial charge in [-0.3, -0.25) is 0 Å². The zero-order valence-corrected chi connectivity index (χ0v) is 17.4. The molecule has 0 bridgehead atoms. The molecular weight excluding hydrogens is 422 g/mol. The highest BCUT2D eigenvalue weighted by atomic mass is 19.4. The molecule has 31 heavy (non-hydrogen) atoms. The summed E-state index contributed by atoms with van der Waals surface area (Å²) in [5.41, 5.74) is -3.76. The van der Waals surface area contributed by atoms with Crippen molar-refractivity contribution in [1.29, 1.82) is 0 Å². The van der Waals surface area contributed by atoms with E-state index in [0.717, 1.165) is 31.7 Å². The molecule has 0 aliphatic carbocycles. The van der Waals surface area contributed by atoms with Gasteiger partial charge in [0.2, 0.25) is 0 Å². The Morgan fingerprint density at radius 3 is 2.19 bits per heavy atom. The summed E-state index contributed by atoms with van der Waals surface area (Å²) < 4.78 is 79.7. The molecule has 2 N–H and O–H groups in total. The van der Waals surface area contributed by atoms with Crippen LogP contribution in [0.25, 0.3) is 10.9 Å². The smallest absolute Gasteiger partial charge is 0.387 e. The number of pyridine rings is 1. The van der Waals surface area contributed by atoms with E-state index >= 15 is 0 Å². The summed E-state index contributed by atoms with van der Waals surface area (Å²) in [6.07, 6.45) is -3.54. The number of aliphatic hydroxyl groups is 1. The van der Waals surface area contributed by atoms with Crippen LogP contribution in [0.4, 0.5) is 26.3 Å². The molecule has 0 amide bonds. The zero-order chi connectivity index (χ0) is 23.1. The maximum absolute atomic E-state index is 13.3. The second-order valence-corrected chi connectivity index (χ2v) is 7.64. The first kappa shape index (κ1) is 25.4. The fraction of sp³-hybridized carbons (Fsp3) is 0.591. The van der Waals surface area contributed by atoms with Gasteiger partial charge in [-0.2, -0.15) is 26.3 Å². The lowest BCUT2D eigenvalue weighted by atomic mass is 9.99. The lowest BCUT2D eigenvalue weighted by Gasteiger charge is -2.19. The zero-order valence-electron chi connectivity index (χ0n) is 17.4. The summed E-state index contributed by atoms with van der Waals surface area (Å²) in [6, 6.07) is 3.65. The summed E-state index contributed by atoms with van der Waals surface area (Å²) in [7, 11) is 0. The molecule has 1 heterocycles. The van der Waals surface area contributed by atoms with E-state index in [-0.39, 0.29) is 17.5 Å². The van der Waals surface area contributed by atoms with E-state index in [9.17, 15) is 31.4 Å². The van der Waals surface area contributed by atoms with Gasteiger partial charge in [-0.15, -0.1) is 0 Å². The first-order valence-corrected chi connectivity index (χ1v) is 10.5. The largest absolute Gasteiger partial charge is 0.433 e. The van der Waals surface area contributed by atoms with E-state index < -0.39 is 35.2 Å². The SMILES string of the molecule is CCCCCCCCCNCC(O)c1cc(C(F)(F)F)nc2c(C(F)(F)F)cccc12. The standard InChI is InChI=1S/C22H28F6N2O/c1-2-3-4-5-6-7-8-12-29-14-18(31)16-13-19(22(26,27)28)30-20-15(16)10-9-11-17(20)21(23,24)25/h9-11,13,18,29,31H,2-8,12,14H2,1H3. The molecule has 0 spiro atoms. The average Bonchev–Trinajstić information content (AvgIpc) is 2.69. The number of aliphatic hydroxyl groups excluding tert-OH is 1. The van der Waals surface area contributed by atoms with Gasteiger partial charge in [0, 0.05) is 11.9 Å². The summed E-state index contributed by atoms with van der Waals surface area (Å²) >= 11 is 0. The van der Waals surface area contributed by atoms with Gasteiger partial charge in [0.25, 0.3) is 0 Å². The Balaban J connectivity index is 2.13. The Kier molecular flexibility index (Phi) is 9.12. The van der Waals surface area contributed by atoms with Crippen molar-refractivity contribution in [3.63, 3.8) is 0 Å². The maximum Gasteiger partial charge on any atom is 0.433 e. The number of nitrogens with one attached hydrogen (secondary N) is 1. The van der Waals surface area contributed by atoms with Crippen LogP contribution in [0.1, 0.15) is 74.8 Å². The molecular formula is C22H28F6N2O. The van der Waals surface area contributed by atoms with Crippen LogP contribution in [0.5, 0.6) is 0 Å². The van der Waals surface area contributed by atoms with E-state index in [2.05, 4.69) is 17.2 Å². The van der Waals surface area contributed by atoms with E-state index in [4.69, 9.17) is 0 Å². The highest BCUT2D eigenvalue weighted by Crippen LogP contribution is 2.38. The Morgan fingerprint density at radius 1 is 0.935 bits per heavy atom. The number of hydrogen-bond donors (Lipinski definition) is 2. The fourth-order valence-electron chi connectivity index (χ4n) is 3.48. The first-order chi connectivity index (χ1) is 14.6. The quantitative estimate of drug-likeness (QED) is 0.298. The van der Waals surface area contributed by atoms with Gasteiger partial charge in [-0.25, -0.2) is 4.98 Å². The monoisotopic (exact) mass is 450 g/mol. The molecule has 1 atom stereocenters. The Labute approximate surface area is 177 Å². The van der Waals surface area contributed by atoms with Gasteiger partial charge in [0.05, 0.1) is 17.2 Å². The maximum atomic E-state index is 13.3. The third-order valence-corrected chi connectivity index (χ3v) is 5.12. The molecule has 2 rings (SSSR count). The number of alkyl halides is 6. The highest BCUT2D eigenvalue weighted by Gasteiger charge is 2.37. The molecule has 0 saturated heterocycles. The summed E-state index contributed by atoms with van der Waals surface area (Å²) in [5, 5.41) is 13.3. The van der Waals surface area contributed by atoms with E-state index in [1.165, 1.54) is 25.3 Å². The second-order valence-electron chi connectivity index (χ2n) is 7.64. The number of halogens is 6. The van der Waals surface area contributed by atoms with Crippen LogP contribution < -0.4 is 5.32 Å². The number of unbranched alkanes of at least 4 members (excludes halogenated alkanes) is 6. The van der Waals surface area contributed by atoms with Crippen molar-refractivity contribution in [1.82, 2.24) is 10.3 Å². The number of benzene rings is 1. The van der Waals surface area contributed by atoms with Gasteiger partial charge >= 0.3 is 12.4 Å². The molecule has 0 aliphatic rings. The van der Waals surface area contributed by atoms with Crippen LogP contribution in [-0.2, 0) is 12.4 Å². The van der Waals surface area contributed by atoms with Gasteiger partial charge < -0.3 is 10.4 Å². The molecule has 0 radical (unpaired) electrons. The summed E-state index contributed by atoms with van der Waals surface area (Å²) in [5.74, 6) is 0. The highest BCUT2D eigenvalue weighted by molar-refractivity contribution is 5.86. The number of nitrogens with zero attached hydrogens (tertiary/aromatic N) is 1. The van der Waals surface area contributed by atoms with Gasteiger partial charge in [0.15, 0.2) is 0 Å². The molecule has 1 unspecified atom stereocenters. The molecule has 174 valence electrons. The van der Waals surface area contributed by atoms with Crippen LogP contribution in [0.2, 0.25) is 0 Å². The minimum atomic E-state index is -4.94. The third kappa shape index (κ3) is 7.35. The number of aromatic nitrogens is 1. The van der Waals surface area contributed by atoms with Crippen molar-refractivity contribution in [2.24, 2.45) is 0 Å². The van der Waals surface area contributed by atoms with E-state index in [1.54, 1.807) is 0 Å². The summed E-state index contributed by atoms with van der Waals surface area (Å²) in [6.45, 7) is 2.64. The van der Waals surface area contributed by atoms with Gasteiger partial charge in [0.1, 0.15) is 5.69 Å². The number of rotatable bonds is 11. The van der Waals surface area contributed by atoms with Crippen LogP contribution in [-0.4, -0.2) is 23.2 Å². The van der Waals surface area contributed by atoms with Crippen LogP contribution >= 0.6 is 0 Å². The Hall–Kier alpha value is -1.87. The predicted octanol–water partition coefficient (Wildman–Crippen LogP) is 6.65. The Morgan fingerprint density at radius 2 is 1.58 bits per heavy atom. The van der Waals surface area contributed by atoms with Crippen molar-refractivity contribution < 1.29 is 31.4 Å². The Bertz CT molecular complexity index is 835. The van der Waals surface area contributed by atoms with Crippen molar-refractivity contribution in [3.05, 3.63) is 41.1 Å². The lowest BCUT2D eigenvalue weighted by molar-refractivity contribution is -0.142. The first-order valence-electron chi connectivity index (χ1n) is 10.5. The van der Waals surface area contributed by atoms with Gasteiger partial charge in [-0.05, 0) is 30.7 Å². The molecule has 0 saturated carbocycles. The molecule has 0 fully saturated rings. The predicted molar refractivity (Wildman–Crippen MR) is 108 cm³/mol. The van der Waals surface area contributed by atoms with Crippen LogP contribution in [0.3, 0.4) is 0 Å². The van der Waals surface area contributed by atoms with E-state index in [0.29, 0.717) is 18.7 Å². The topological polar surface area (TPSA) is 45.1 Å². The van der Waals surface area contributed by atoms with Crippen LogP contribution in [0.15, 0.2) is 24.3 Å². The number of para-hydroxylation sites is 1. The lowest BCUT2D eigenvalue weighted by Crippen LogP contribution is -2.23. The van der Waals surface area contributed by atoms with Crippen molar-refractivity contribution >= 4 is 10.9 Å². The number of fused-ring (bicyclic) bond motifs is 1. The molecule has 3 nitrogen and oxygen atoms in total. The van der Waals surface area contributed by atoms with Crippen LogP contribution in [0, 0.1) is 0 Å². The molecule has 0 aliphatic heterocycles. The van der Waals surface area contributed by atoms with Crippen molar-refractivity contribution in [2.45, 2.75) is 70.3 Å². The van der Waals surface area contributed by atoms with Crippen molar-refractivity contribution in [2.75, 3.05) is 13.1 Å². The molecule has 9 heteroatoms. The minimum Gasteiger partial charge on any atom is -0.387 e. The minimum absolute atomic E-state index is 0.0670. The number of hydrogen-bond acceptors (Lipinski definition) is 3. The normalized spacial score (nSPS) is 13.7. The summed E-state index contributed by atoms with van der Waals surface area (Å²) in [4.78, 5) is 3.23. The third-order valence-electron chi connectivity index (χ3n) is 5.12. The van der Waals surface area contributed by atoms with E-state index in [1.807, 2.05) is 0 Å². The molecule has 1 aromatic carbocycles. The molecule has 2 aromatic rings. The van der Waals surface area contributed by atoms with Gasteiger partial charge in [-0.1, -0.05) is 57.6 Å². The average molecular weight is 450 g/mol. The fourth-order valence-corrected chi connectivity index (χ4v) is 3.48. The second kappa shape index (κ2) is 11.1. The molecule has 1 aromatic heterocycles.